The Morgan fingerprint density at radius 2 is 2.05 bits per heavy atom. The molecule has 116 valence electrons. The number of aromatic nitrogens is 1. The van der Waals surface area contributed by atoms with E-state index in [-0.39, 0.29) is 5.91 Å². The maximum atomic E-state index is 12.3. The SMILES string of the molecule is CNC(=O)[C@H](C)n1cc(C)sc1=NC(=O)c1ccccc1Cl. The van der Waals surface area contributed by atoms with E-state index in [2.05, 4.69) is 10.3 Å². The van der Waals surface area contributed by atoms with E-state index < -0.39 is 11.9 Å². The zero-order valence-electron chi connectivity index (χ0n) is 12.5. The molecular weight excluding hydrogens is 322 g/mol. The molecular formula is C15H16ClN3O2S. The second kappa shape index (κ2) is 6.89. The van der Waals surface area contributed by atoms with E-state index in [9.17, 15) is 9.59 Å². The van der Waals surface area contributed by atoms with Crippen LogP contribution < -0.4 is 10.1 Å². The summed E-state index contributed by atoms with van der Waals surface area (Å²) in [4.78, 5) is 29.7. The molecule has 0 fully saturated rings. The number of benzene rings is 1. The lowest BCUT2D eigenvalue weighted by molar-refractivity contribution is -0.123. The van der Waals surface area contributed by atoms with Crippen LogP contribution in [0.4, 0.5) is 0 Å². The fourth-order valence-corrected chi connectivity index (χ4v) is 3.06. The van der Waals surface area contributed by atoms with Gasteiger partial charge in [0.1, 0.15) is 6.04 Å². The third-order valence-corrected chi connectivity index (χ3v) is 4.38. The van der Waals surface area contributed by atoms with E-state index in [1.54, 1.807) is 42.8 Å². The molecule has 0 aliphatic rings. The van der Waals surface area contributed by atoms with E-state index in [1.807, 2.05) is 13.1 Å². The second-order valence-corrected chi connectivity index (χ2v) is 6.34. The highest BCUT2D eigenvalue weighted by molar-refractivity contribution is 7.09. The third kappa shape index (κ3) is 3.45. The van der Waals surface area contributed by atoms with Crippen LogP contribution in [0, 0.1) is 6.92 Å². The summed E-state index contributed by atoms with van der Waals surface area (Å²) in [7, 11) is 1.57. The number of likely N-dealkylation sites (N-methyl/N-ethyl adjacent to an activating group) is 1. The third-order valence-electron chi connectivity index (χ3n) is 3.14. The Kier molecular flexibility index (Phi) is 5.15. The Hall–Kier alpha value is -1.92. The number of halogens is 1. The molecule has 22 heavy (non-hydrogen) atoms. The molecule has 1 N–H and O–H groups in total. The number of carbonyl (C=O) groups is 2. The molecule has 2 rings (SSSR count). The summed E-state index contributed by atoms with van der Waals surface area (Å²) < 4.78 is 1.69. The van der Waals surface area contributed by atoms with Crippen molar-refractivity contribution in [2.75, 3.05) is 7.05 Å². The van der Waals surface area contributed by atoms with E-state index in [1.165, 1.54) is 11.3 Å². The quantitative estimate of drug-likeness (QED) is 0.935. The van der Waals surface area contributed by atoms with Gasteiger partial charge in [0.2, 0.25) is 5.91 Å². The summed E-state index contributed by atoms with van der Waals surface area (Å²) in [6, 6.07) is 6.30. The summed E-state index contributed by atoms with van der Waals surface area (Å²) in [6.45, 7) is 3.65. The average molecular weight is 338 g/mol. The first kappa shape index (κ1) is 16.5. The molecule has 0 spiro atoms. The number of carbonyl (C=O) groups excluding carboxylic acids is 2. The standard InChI is InChI=1S/C15H16ClN3O2S/c1-9-8-19(10(2)13(20)17-3)15(22-9)18-14(21)11-6-4-5-7-12(11)16/h4-8,10H,1-3H3,(H,17,20)/t10-/m0/s1. The van der Waals surface area contributed by atoms with Crippen molar-refractivity contribution in [2.24, 2.45) is 4.99 Å². The molecule has 1 atom stereocenters. The molecule has 2 amide bonds. The summed E-state index contributed by atoms with van der Waals surface area (Å²) in [6.07, 6.45) is 1.81. The molecule has 1 aromatic carbocycles. The number of thiazole rings is 1. The molecule has 0 aliphatic heterocycles. The van der Waals surface area contributed by atoms with Crippen LogP contribution in [-0.4, -0.2) is 23.4 Å². The Labute approximate surface area is 137 Å². The molecule has 0 unspecified atom stereocenters. The summed E-state index contributed by atoms with van der Waals surface area (Å²) in [5.74, 6) is -0.574. The number of aryl methyl sites for hydroxylation is 1. The topological polar surface area (TPSA) is 63.5 Å². The van der Waals surface area contributed by atoms with Gasteiger partial charge in [0, 0.05) is 18.1 Å². The molecule has 0 saturated heterocycles. The van der Waals surface area contributed by atoms with Crippen molar-refractivity contribution in [3.05, 3.63) is 50.7 Å². The first-order chi connectivity index (χ1) is 10.4. The zero-order chi connectivity index (χ0) is 16.3. The lowest BCUT2D eigenvalue weighted by atomic mass is 10.2. The van der Waals surface area contributed by atoms with Crippen molar-refractivity contribution in [1.82, 2.24) is 9.88 Å². The molecule has 0 aliphatic carbocycles. The number of amides is 2. The maximum Gasteiger partial charge on any atom is 0.281 e. The summed E-state index contributed by atoms with van der Waals surface area (Å²) in [5.41, 5.74) is 0.342. The van der Waals surface area contributed by atoms with E-state index in [4.69, 9.17) is 11.6 Å². The van der Waals surface area contributed by atoms with Crippen LogP contribution in [0.3, 0.4) is 0 Å². The molecule has 0 bridgehead atoms. The predicted molar refractivity (Wildman–Crippen MR) is 87.2 cm³/mol. The van der Waals surface area contributed by atoms with Crippen molar-refractivity contribution >= 4 is 34.8 Å². The highest BCUT2D eigenvalue weighted by Crippen LogP contribution is 2.16. The largest absolute Gasteiger partial charge is 0.357 e. The van der Waals surface area contributed by atoms with Crippen LogP contribution in [0.15, 0.2) is 35.5 Å². The predicted octanol–water partition coefficient (Wildman–Crippen LogP) is 2.56. The van der Waals surface area contributed by atoms with Crippen LogP contribution >= 0.6 is 22.9 Å². The molecule has 0 saturated carbocycles. The van der Waals surface area contributed by atoms with E-state index in [0.717, 1.165) is 4.88 Å². The summed E-state index contributed by atoms with van der Waals surface area (Å²) in [5, 5.41) is 2.95. The van der Waals surface area contributed by atoms with Gasteiger partial charge in [0.05, 0.1) is 10.6 Å². The first-order valence-corrected chi connectivity index (χ1v) is 7.87. The average Bonchev–Trinajstić information content (AvgIpc) is 2.86. The molecule has 5 nitrogen and oxygen atoms in total. The van der Waals surface area contributed by atoms with Crippen LogP contribution in [-0.2, 0) is 4.79 Å². The van der Waals surface area contributed by atoms with Crippen molar-refractivity contribution < 1.29 is 9.59 Å². The van der Waals surface area contributed by atoms with Gasteiger partial charge in [0.25, 0.3) is 5.91 Å². The van der Waals surface area contributed by atoms with Gasteiger partial charge in [-0.05, 0) is 26.0 Å². The monoisotopic (exact) mass is 337 g/mol. The fourth-order valence-electron chi connectivity index (χ4n) is 1.95. The second-order valence-electron chi connectivity index (χ2n) is 4.72. The zero-order valence-corrected chi connectivity index (χ0v) is 14.0. The Balaban J connectivity index is 2.47. The minimum Gasteiger partial charge on any atom is -0.357 e. The lowest BCUT2D eigenvalue weighted by Crippen LogP contribution is -2.32. The van der Waals surface area contributed by atoms with E-state index in [0.29, 0.717) is 15.4 Å². The summed E-state index contributed by atoms with van der Waals surface area (Å²) >= 11 is 7.37. The van der Waals surface area contributed by atoms with Crippen molar-refractivity contribution in [1.29, 1.82) is 0 Å². The first-order valence-electron chi connectivity index (χ1n) is 6.67. The van der Waals surface area contributed by atoms with Gasteiger partial charge in [-0.15, -0.1) is 11.3 Å². The van der Waals surface area contributed by atoms with Gasteiger partial charge in [-0.3, -0.25) is 9.59 Å². The Bertz CT molecular complexity index is 779. The number of nitrogens with one attached hydrogen (secondary N) is 1. The van der Waals surface area contributed by atoms with Crippen molar-refractivity contribution in [2.45, 2.75) is 19.9 Å². The van der Waals surface area contributed by atoms with Gasteiger partial charge in [-0.2, -0.15) is 4.99 Å². The normalized spacial score (nSPS) is 13.0. The highest BCUT2D eigenvalue weighted by atomic mass is 35.5. The Morgan fingerprint density at radius 1 is 1.36 bits per heavy atom. The van der Waals surface area contributed by atoms with Crippen molar-refractivity contribution in [3.63, 3.8) is 0 Å². The Morgan fingerprint density at radius 3 is 2.68 bits per heavy atom. The number of rotatable bonds is 3. The molecule has 1 heterocycles. The van der Waals surface area contributed by atoms with Gasteiger partial charge >= 0.3 is 0 Å². The van der Waals surface area contributed by atoms with Crippen molar-refractivity contribution in [3.8, 4) is 0 Å². The fraction of sp³-hybridized carbons (Fsp3) is 0.267. The van der Waals surface area contributed by atoms with Crippen LogP contribution in [0.1, 0.15) is 28.2 Å². The van der Waals surface area contributed by atoms with Crippen LogP contribution in [0.2, 0.25) is 5.02 Å². The molecule has 0 radical (unpaired) electrons. The van der Waals surface area contributed by atoms with Crippen LogP contribution in [0.25, 0.3) is 0 Å². The molecule has 7 heteroatoms. The lowest BCUT2D eigenvalue weighted by Gasteiger charge is -2.11. The number of hydrogen-bond donors (Lipinski definition) is 1. The minimum absolute atomic E-state index is 0.149. The molecule has 2 aromatic rings. The minimum atomic E-state index is -0.451. The van der Waals surface area contributed by atoms with Crippen LogP contribution in [0.5, 0.6) is 0 Å². The van der Waals surface area contributed by atoms with E-state index >= 15 is 0 Å². The number of nitrogens with zero attached hydrogens (tertiary/aromatic N) is 2. The van der Waals surface area contributed by atoms with Gasteiger partial charge < -0.3 is 9.88 Å². The number of hydrogen-bond acceptors (Lipinski definition) is 3. The highest BCUT2D eigenvalue weighted by Gasteiger charge is 2.16. The van der Waals surface area contributed by atoms with Gasteiger partial charge in [0.15, 0.2) is 4.80 Å². The smallest absolute Gasteiger partial charge is 0.281 e. The maximum absolute atomic E-state index is 12.3. The molecule has 1 aromatic heterocycles. The van der Waals surface area contributed by atoms with Gasteiger partial charge in [-0.1, -0.05) is 23.7 Å². The van der Waals surface area contributed by atoms with Gasteiger partial charge in [-0.25, -0.2) is 0 Å².